The van der Waals surface area contributed by atoms with Crippen LogP contribution in [-0.4, -0.2) is 29.0 Å². The van der Waals surface area contributed by atoms with Crippen molar-refractivity contribution in [3.05, 3.63) is 59.4 Å². The Morgan fingerprint density at radius 1 is 1.21 bits per heavy atom. The molecule has 19 heavy (non-hydrogen) atoms. The van der Waals surface area contributed by atoms with E-state index >= 15 is 0 Å². The first-order valence-corrected chi connectivity index (χ1v) is 5.50. The topological polar surface area (TPSA) is 76.5 Å². The molecular weight excluding hydrogens is 246 g/mol. The number of benzene rings is 1. The Hall–Kier alpha value is -2.69. The number of carboxylic acid groups (broad SMARTS) is 1. The van der Waals surface area contributed by atoms with Gasteiger partial charge in [0.25, 0.3) is 0 Å². The van der Waals surface area contributed by atoms with Crippen molar-refractivity contribution in [1.82, 2.24) is 4.98 Å². The predicted molar refractivity (Wildman–Crippen MR) is 67.6 cm³/mol. The summed E-state index contributed by atoms with van der Waals surface area (Å²) in [5.74, 6) is -1.05. The molecule has 0 bridgehead atoms. The maximum absolute atomic E-state index is 12.3. The molecule has 2 rings (SSSR count). The second-order valence-electron chi connectivity index (χ2n) is 3.76. The lowest BCUT2D eigenvalue weighted by Gasteiger charge is -2.06. The lowest BCUT2D eigenvalue weighted by atomic mass is 10.1. The molecular formula is C14H11NO4. The molecule has 0 amide bonds. The minimum atomic E-state index is -1.10. The molecule has 1 heterocycles. The summed E-state index contributed by atoms with van der Waals surface area (Å²) in [7, 11) is 1.47. The summed E-state index contributed by atoms with van der Waals surface area (Å²) in [6.07, 6.45) is 1.30. The first kappa shape index (κ1) is 12.8. The van der Waals surface area contributed by atoms with Crippen molar-refractivity contribution in [3.63, 3.8) is 0 Å². The van der Waals surface area contributed by atoms with Gasteiger partial charge in [-0.2, -0.15) is 0 Å². The van der Waals surface area contributed by atoms with Crippen LogP contribution < -0.4 is 4.74 Å². The Morgan fingerprint density at radius 3 is 2.63 bits per heavy atom. The number of carbonyl (C=O) groups excluding carboxylic acids is 1. The molecule has 0 aliphatic rings. The fraction of sp³-hybridized carbons (Fsp3) is 0.0714. The SMILES string of the molecule is COc1ccccc1C(=O)c1cc(C(=O)O)ccn1. The number of ether oxygens (including phenoxy) is 1. The van der Waals surface area contributed by atoms with E-state index in [-0.39, 0.29) is 17.0 Å². The van der Waals surface area contributed by atoms with Gasteiger partial charge in [-0.15, -0.1) is 0 Å². The number of carbonyl (C=O) groups is 2. The summed E-state index contributed by atoms with van der Waals surface area (Å²) in [4.78, 5) is 27.0. The highest BCUT2D eigenvalue weighted by atomic mass is 16.5. The van der Waals surface area contributed by atoms with Gasteiger partial charge in [0, 0.05) is 6.20 Å². The molecule has 0 unspecified atom stereocenters. The highest BCUT2D eigenvalue weighted by Gasteiger charge is 2.16. The highest BCUT2D eigenvalue weighted by Crippen LogP contribution is 2.20. The predicted octanol–water partition coefficient (Wildman–Crippen LogP) is 2.02. The number of para-hydroxylation sites is 1. The molecule has 5 heteroatoms. The zero-order valence-electron chi connectivity index (χ0n) is 10.2. The third-order valence-corrected chi connectivity index (χ3v) is 2.59. The number of hydrogen-bond donors (Lipinski definition) is 1. The molecule has 0 saturated heterocycles. The molecule has 0 spiro atoms. The van der Waals surface area contributed by atoms with Crippen molar-refractivity contribution in [1.29, 1.82) is 0 Å². The van der Waals surface area contributed by atoms with Crippen molar-refractivity contribution in [2.45, 2.75) is 0 Å². The first-order chi connectivity index (χ1) is 9.13. The normalized spacial score (nSPS) is 9.95. The van der Waals surface area contributed by atoms with Gasteiger partial charge in [0.2, 0.25) is 5.78 Å². The van der Waals surface area contributed by atoms with E-state index in [1.807, 2.05) is 0 Å². The lowest BCUT2D eigenvalue weighted by Crippen LogP contribution is -2.08. The Balaban J connectivity index is 2.44. The first-order valence-electron chi connectivity index (χ1n) is 5.50. The molecule has 0 saturated carbocycles. The summed E-state index contributed by atoms with van der Waals surface area (Å²) in [6.45, 7) is 0. The third-order valence-electron chi connectivity index (χ3n) is 2.59. The van der Waals surface area contributed by atoms with E-state index in [2.05, 4.69) is 4.98 Å². The van der Waals surface area contributed by atoms with Crippen LogP contribution in [0, 0.1) is 0 Å². The van der Waals surface area contributed by atoms with Gasteiger partial charge in [-0.1, -0.05) is 12.1 Å². The largest absolute Gasteiger partial charge is 0.496 e. The van der Waals surface area contributed by atoms with Gasteiger partial charge in [-0.05, 0) is 24.3 Å². The maximum Gasteiger partial charge on any atom is 0.335 e. The second kappa shape index (κ2) is 5.30. The minimum absolute atomic E-state index is 0.0215. The molecule has 0 fully saturated rings. The van der Waals surface area contributed by atoms with Gasteiger partial charge in [0.1, 0.15) is 11.4 Å². The number of rotatable bonds is 4. The molecule has 2 aromatic rings. The zero-order valence-corrected chi connectivity index (χ0v) is 10.2. The Morgan fingerprint density at radius 2 is 1.95 bits per heavy atom. The maximum atomic E-state index is 12.3. The van der Waals surface area contributed by atoms with E-state index in [0.717, 1.165) is 0 Å². The average Bonchev–Trinajstić information content (AvgIpc) is 2.46. The van der Waals surface area contributed by atoms with Crippen LogP contribution in [-0.2, 0) is 0 Å². The quantitative estimate of drug-likeness (QED) is 0.848. The van der Waals surface area contributed by atoms with Crippen LogP contribution in [0.25, 0.3) is 0 Å². The lowest BCUT2D eigenvalue weighted by molar-refractivity contribution is 0.0696. The number of ketones is 1. The number of aromatic carboxylic acids is 1. The molecule has 1 aromatic carbocycles. The van der Waals surface area contributed by atoms with Crippen LogP contribution in [0.3, 0.4) is 0 Å². The van der Waals surface area contributed by atoms with Crippen LogP contribution in [0.1, 0.15) is 26.4 Å². The summed E-state index contributed by atoms with van der Waals surface area (Å²) in [5, 5.41) is 8.90. The monoisotopic (exact) mass is 257 g/mol. The van der Waals surface area contributed by atoms with Crippen LogP contribution in [0.5, 0.6) is 5.75 Å². The average molecular weight is 257 g/mol. The highest BCUT2D eigenvalue weighted by molar-refractivity contribution is 6.10. The van der Waals surface area contributed by atoms with Gasteiger partial charge in [0.15, 0.2) is 0 Å². The van der Waals surface area contributed by atoms with Gasteiger partial charge >= 0.3 is 5.97 Å². The summed E-state index contributed by atoms with van der Waals surface area (Å²) in [6, 6.07) is 9.30. The molecule has 0 aliphatic heterocycles. The molecule has 5 nitrogen and oxygen atoms in total. The number of aromatic nitrogens is 1. The molecule has 1 aromatic heterocycles. The molecule has 96 valence electrons. The van der Waals surface area contributed by atoms with Crippen molar-refractivity contribution in [2.75, 3.05) is 7.11 Å². The fourth-order valence-corrected chi connectivity index (χ4v) is 1.66. The third kappa shape index (κ3) is 2.60. The fourth-order valence-electron chi connectivity index (χ4n) is 1.66. The second-order valence-corrected chi connectivity index (χ2v) is 3.76. The van der Waals surface area contributed by atoms with E-state index in [9.17, 15) is 9.59 Å². The van der Waals surface area contributed by atoms with Crippen molar-refractivity contribution >= 4 is 11.8 Å². The van der Waals surface area contributed by atoms with Crippen LogP contribution in [0.2, 0.25) is 0 Å². The van der Waals surface area contributed by atoms with E-state index in [4.69, 9.17) is 9.84 Å². The molecule has 0 radical (unpaired) electrons. The van der Waals surface area contributed by atoms with E-state index in [1.165, 1.54) is 25.4 Å². The molecule has 0 aliphatic carbocycles. The Bertz CT molecular complexity index is 637. The Kier molecular flexibility index (Phi) is 3.56. The van der Waals surface area contributed by atoms with Crippen LogP contribution >= 0.6 is 0 Å². The van der Waals surface area contributed by atoms with Gasteiger partial charge in [-0.25, -0.2) is 4.79 Å². The smallest absolute Gasteiger partial charge is 0.335 e. The number of hydrogen-bond acceptors (Lipinski definition) is 4. The number of carboxylic acids is 1. The number of methoxy groups -OCH3 is 1. The molecule has 0 atom stereocenters. The summed E-state index contributed by atoms with van der Waals surface area (Å²) < 4.78 is 5.10. The number of pyridine rings is 1. The van der Waals surface area contributed by atoms with Gasteiger partial charge in [-0.3, -0.25) is 9.78 Å². The van der Waals surface area contributed by atoms with Crippen molar-refractivity contribution < 1.29 is 19.4 Å². The summed E-state index contributed by atoms with van der Waals surface area (Å²) >= 11 is 0. The zero-order chi connectivity index (χ0) is 13.8. The van der Waals surface area contributed by atoms with E-state index in [1.54, 1.807) is 24.3 Å². The minimum Gasteiger partial charge on any atom is -0.496 e. The van der Waals surface area contributed by atoms with Gasteiger partial charge < -0.3 is 9.84 Å². The Labute approximate surface area is 109 Å². The summed E-state index contributed by atoms with van der Waals surface area (Å²) in [5.41, 5.74) is 0.442. The number of nitrogens with zero attached hydrogens (tertiary/aromatic N) is 1. The van der Waals surface area contributed by atoms with Crippen LogP contribution in [0.4, 0.5) is 0 Å². The van der Waals surface area contributed by atoms with Gasteiger partial charge in [0.05, 0.1) is 18.2 Å². The van der Waals surface area contributed by atoms with Crippen molar-refractivity contribution in [2.24, 2.45) is 0 Å². The standard InChI is InChI=1S/C14H11NO4/c1-19-12-5-3-2-4-10(12)13(16)11-8-9(14(17)18)6-7-15-11/h2-8H,1H3,(H,17,18). The van der Waals surface area contributed by atoms with E-state index < -0.39 is 5.97 Å². The van der Waals surface area contributed by atoms with Crippen molar-refractivity contribution in [3.8, 4) is 5.75 Å². The molecule has 1 N–H and O–H groups in total. The van der Waals surface area contributed by atoms with E-state index in [0.29, 0.717) is 11.3 Å². The van der Waals surface area contributed by atoms with Crippen LogP contribution in [0.15, 0.2) is 42.6 Å².